The smallest absolute Gasteiger partial charge is 0.248 e. The number of carbonyl (C=O) groups is 1. The number of hydrogen-bond donors (Lipinski definition) is 4. The van der Waals surface area contributed by atoms with Crippen molar-refractivity contribution in [2.45, 2.75) is 13.0 Å². The zero-order chi connectivity index (χ0) is 18.9. The van der Waals surface area contributed by atoms with Gasteiger partial charge in [0, 0.05) is 5.92 Å². The molecule has 0 fully saturated rings. The molecule has 2 aromatic rings. The summed E-state index contributed by atoms with van der Waals surface area (Å²) in [7, 11) is 0. The fourth-order valence-corrected chi connectivity index (χ4v) is 2.36. The molecule has 0 saturated carbocycles. The van der Waals surface area contributed by atoms with Gasteiger partial charge in [0.1, 0.15) is 12.4 Å². The van der Waals surface area contributed by atoms with Gasteiger partial charge in [-0.1, -0.05) is 37.3 Å². The number of amides is 1. The second-order valence-electron chi connectivity index (χ2n) is 5.88. The number of ether oxygens (including phenoxy) is 1. The number of carbonyl (C=O) groups excluding carboxylic acids is 1. The second-order valence-corrected chi connectivity index (χ2v) is 5.88. The summed E-state index contributed by atoms with van der Waals surface area (Å²) >= 11 is 0. The summed E-state index contributed by atoms with van der Waals surface area (Å²) in [6.45, 7) is 1.99. The molecule has 6 heteroatoms. The Hall–Kier alpha value is -2.83. The predicted molar refractivity (Wildman–Crippen MR) is 102 cm³/mol. The summed E-state index contributed by atoms with van der Waals surface area (Å²) in [5.41, 5.74) is 7.54. The van der Waals surface area contributed by atoms with Crippen LogP contribution in [0.5, 0.6) is 5.75 Å². The normalized spacial score (nSPS) is 13.3. The molecule has 1 amide bonds. The highest BCUT2D eigenvalue weighted by molar-refractivity contribution is 6.01. The van der Waals surface area contributed by atoms with Crippen LogP contribution in [0.3, 0.4) is 0 Å². The molecule has 0 aliphatic heterocycles. The molecule has 2 rings (SSSR count). The quantitative estimate of drug-likeness (QED) is 0.430. The van der Waals surface area contributed by atoms with E-state index in [1.165, 1.54) is 6.08 Å². The fraction of sp³-hybridized carbons (Fsp3) is 0.250. The minimum absolute atomic E-state index is 0.0527. The summed E-state index contributed by atoms with van der Waals surface area (Å²) in [6, 6.07) is 14.0. The average Bonchev–Trinajstić information content (AvgIpc) is 2.66. The maximum Gasteiger partial charge on any atom is 0.248 e. The van der Waals surface area contributed by atoms with Gasteiger partial charge >= 0.3 is 0 Å². The molecule has 0 aliphatic rings. The van der Waals surface area contributed by atoms with Crippen molar-refractivity contribution in [1.29, 1.82) is 0 Å². The highest BCUT2D eigenvalue weighted by atomic mass is 16.5. The van der Waals surface area contributed by atoms with E-state index in [4.69, 9.17) is 15.6 Å². The van der Waals surface area contributed by atoms with Gasteiger partial charge in [0.2, 0.25) is 5.91 Å². The van der Waals surface area contributed by atoms with E-state index in [0.717, 1.165) is 0 Å². The minimum atomic E-state index is -0.757. The van der Waals surface area contributed by atoms with Gasteiger partial charge in [0.15, 0.2) is 0 Å². The van der Waals surface area contributed by atoms with Crippen molar-refractivity contribution < 1.29 is 19.7 Å². The SMILES string of the molecule is C[C@H](/C=C/C(=O)Nc1ccccc1N)[C@H](O)c1ccc(OCCO)cc1. The van der Waals surface area contributed by atoms with Gasteiger partial charge in [0.05, 0.1) is 24.1 Å². The number of aliphatic hydroxyl groups is 2. The van der Waals surface area contributed by atoms with Crippen LogP contribution in [0.15, 0.2) is 60.7 Å². The number of hydrogen-bond acceptors (Lipinski definition) is 5. The summed E-state index contributed by atoms with van der Waals surface area (Å²) in [4.78, 5) is 12.0. The third-order valence-electron chi connectivity index (χ3n) is 3.85. The lowest BCUT2D eigenvalue weighted by atomic mass is 9.97. The molecule has 6 nitrogen and oxygen atoms in total. The first-order valence-electron chi connectivity index (χ1n) is 8.36. The largest absolute Gasteiger partial charge is 0.491 e. The number of anilines is 2. The van der Waals surface area contributed by atoms with Gasteiger partial charge in [-0.2, -0.15) is 0 Å². The first-order valence-corrected chi connectivity index (χ1v) is 8.36. The van der Waals surface area contributed by atoms with Crippen molar-refractivity contribution in [2.24, 2.45) is 5.92 Å². The number of nitrogens with two attached hydrogens (primary N) is 1. The summed E-state index contributed by atoms with van der Waals surface area (Å²) in [5.74, 6) is 0.0470. The van der Waals surface area contributed by atoms with Crippen molar-refractivity contribution in [3.05, 3.63) is 66.2 Å². The maximum absolute atomic E-state index is 12.0. The van der Waals surface area contributed by atoms with Crippen molar-refractivity contribution in [3.8, 4) is 5.75 Å². The van der Waals surface area contributed by atoms with E-state index in [1.807, 2.05) is 6.92 Å². The lowest BCUT2D eigenvalue weighted by Gasteiger charge is -2.16. The Morgan fingerprint density at radius 2 is 1.92 bits per heavy atom. The second kappa shape index (κ2) is 9.60. The zero-order valence-electron chi connectivity index (χ0n) is 14.6. The van der Waals surface area contributed by atoms with Crippen LogP contribution in [0.4, 0.5) is 11.4 Å². The van der Waals surface area contributed by atoms with Crippen LogP contribution in [-0.4, -0.2) is 29.3 Å². The van der Waals surface area contributed by atoms with Crippen LogP contribution in [-0.2, 0) is 4.79 Å². The molecule has 0 aliphatic carbocycles. The lowest BCUT2D eigenvalue weighted by molar-refractivity contribution is -0.111. The van der Waals surface area contributed by atoms with E-state index >= 15 is 0 Å². The molecule has 138 valence electrons. The average molecular weight is 356 g/mol. The van der Waals surface area contributed by atoms with Gasteiger partial charge in [0.25, 0.3) is 0 Å². The number of nitrogen functional groups attached to an aromatic ring is 1. The highest BCUT2D eigenvalue weighted by Gasteiger charge is 2.14. The molecule has 26 heavy (non-hydrogen) atoms. The van der Waals surface area contributed by atoms with Gasteiger partial charge < -0.3 is 26.0 Å². The molecular formula is C20H24N2O4. The molecule has 0 bridgehead atoms. The van der Waals surface area contributed by atoms with Gasteiger partial charge in [-0.05, 0) is 35.9 Å². The van der Waals surface area contributed by atoms with E-state index < -0.39 is 6.10 Å². The Morgan fingerprint density at radius 1 is 1.23 bits per heavy atom. The van der Waals surface area contributed by atoms with E-state index in [9.17, 15) is 9.90 Å². The number of benzene rings is 2. The minimum Gasteiger partial charge on any atom is -0.491 e. The predicted octanol–water partition coefficient (Wildman–Crippen LogP) is 2.50. The van der Waals surface area contributed by atoms with Crippen LogP contribution in [0.25, 0.3) is 0 Å². The van der Waals surface area contributed by atoms with Crippen LogP contribution in [0.1, 0.15) is 18.6 Å². The standard InChI is InChI=1S/C20H24N2O4/c1-14(6-11-19(24)22-18-5-3-2-4-17(18)21)20(25)15-7-9-16(10-8-15)26-13-12-23/h2-11,14,20,23,25H,12-13,21H2,1H3,(H,22,24)/b11-6+/t14-,20+/m1/s1. The Balaban J connectivity index is 1.93. The summed E-state index contributed by atoms with van der Waals surface area (Å²) in [5, 5.41) is 21.9. The van der Waals surface area contributed by atoms with Crippen molar-refractivity contribution in [1.82, 2.24) is 0 Å². The highest BCUT2D eigenvalue weighted by Crippen LogP contribution is 2.25. The van der Waals surface area contributed by atoms with Gasteiger partial charge in [-0.25, -0.2) is 0 Å². The fourth-order valence-electron chi connectivity index (χ4n) is 2.36. The zero-order valence-corrected chi connectivity index (χ0v) is 14.6. The summed E-state index contributed by atoms with van der Waals surface area (Å²) in [6.07, 6.45) is 2.28. The van der Waals surface area contributed by atoms with E-state index in [0.29, 0.717) is 22.7 Å². The molecule has 2 atom stereocenters. The topological polar surface area (TPSA) is 105 Å². The molecule has 5 N–H and O–H groups in total. The number of nitrogens with one attached hydrogen (secondary N) is 1. The molecule has 2 aromatic carbocycles. The number of aliphatic hydroxyl groups excluding tert-OH is 2. The molecule has 0 saturated heterocycles. The first-order chi connectivity index (χ1) is 12.5. The Labute approximate surface area is 152 Å². The Kier molecular flexibility index (Phi) is 7.20. The van der Waals surface area contributed by atoms with E-state index in [2.05, 4.69) is 5.32 Å². The molecule has 0 radical (unpaired) electrons. The third-order valence-corrected chi connectivity index (χ3v) is 3.85. The van der Waals surface area contributed by atoms with Crippen LogP contribution >= 0.6 is 0 Å². The van der Waals surface area contributed by atoms with E-state index in [-0.39, 0.29) is 25.0 Å². The Bertz CT molecular complexity index is 744. The van der Waals surface area contributed by atoms with Crippen LogP contribution < -0.4 is 15.8 Å². The van der Waals surface area contributed by atoms with Gasteiger partial charge in [-0.15, -0.1) is 0 Å². The molecule has 0 heterocycles. The van der Waals surface area contributed by atoms with E-state index in [1.54, 1.807) is 54.6 Å². The van der Waals surface area contributed by atoms with Crippen LogP contribution in [0.2, 0.25) is 0 Å². The first kappa shape index (κ1) is 19.5. The van der Waals surface area contributed by atoms with Gasteiger partial charge in [-0.3, -0.25) is 4.79 Å². The number of rotatable bonds is 8. The monoisotopic (exact) mass is 356 g/mol. The van der Waals surface area contributed by atoms with Crippen molar-refractivity contribution in [2.75, 3.05) is 24.3 Å². The molecular weight excluding hydrogens is 332 g/mol. The lowest BCUT2D eigenvalue weighted by Crippen LogP contribution is -2.12. The van der Waals surface area contributed by atoms with Crippen molar-refractivity contribution >= 4 is 17.3 Å². The third kappa shape index (κ3) is 5.61. The molecule has 0 aromatic heterocycles. The van der Waals surface area contributed by atoms with Crippen molar-refractivity contribution in [3.63, 3.8) is 0 Å². The van der Waals surface area contributed by atoms with Crippen LogP contribution in [0, 0.1) is 5.92 Å². The molecule has 0 spiro atoms. The molecule has 0 unspecified atom stereocenters. The summed E-state index contributed by atoms with van der Waals surface area (Å²) < 4.78 is 5.29. The maximum atomic E-state index is 12.0. The Morgan fingerprint density at radius 3 is 2.58 bits per heavy atom. The number of para-hydroxylation sites is 2.